The fourth-order valence-electron chi connectivity index (χ4n) is 3.02. The molecule has 0 unspecified atom stereocenters. The highest BCUT2D eigenvalue weighted by molar-refractivity contribution is 7.22. The Kier molecular flexibility index (Phi) is 4.38. The number of rotatable bonds is 3. The van der Waals surface area contributed by atoms with Crippen LogP contribution in [-0.2, 0) is 9.59 Å². The number of halogens is 1. The summed E-state index contributed by atoms with van der Waals surface area (Å²) in [6.45, 7) is 2.38. The maximum Gasteiger partial charge on any atom is 0.231 e. The molecule has 5 nitrogen and oxygen atoms in total. The van der Waals surface area contributed by atoms with Crippen LogP contribution < -0.4 is 10.2 Å². The van der Waals surface area contributed by atoms with Crippen molar-refractivity contribution in [3.8, 4) is 0 Å². The smallest absolute Gasteiger partial charge is 0.231 e. The number of aryl methyl sites for hydroxylation is 1. The summed E-state index contributed by atoms with van der Waals surface area (Å²) in [5.74, 6) is -0.609. The highest BCUT2D eigenvalue weighted by atomic mass is 35.5. The molecule has 3 aromatic rings. The Morgan fingerprint density at radius 1 is 1.27 bits per heavy atom. The Labute approximate surface area is 159 Å². The van der Waals surface area contributed by atoms with Crippen molar-refractivity contribution in [3.63, 3.8) is 0 Å². The summed E-state index contributed by atoms with van der Waals surface area (Å²) >= 11 is 7.36. The van der Waals surface area contributed by atoms with Crippen LogP contribution in [0.2, 0.25) is 5.02 Å². The molecule has 1 aliphatic rings. The molecule has 2 amide bonds. The van der Waals surface area contributed by atoms with E-state index in [4.69, 9.17) is 11.6 Å². The third-order valence-electron chi connectivity index (χ3n) is 4.42. The Morgan fingerprint density at radius 3 is 2.81 bits per heavy atom. The van der Waals surface area contributed by atoms with Crippen molar-refractivity contribution in [3.05, 3.63) is 53.1 Å². The summed E-state index contributed by atoms with van der Waals surface area (Å²) in [5, 5.41) is 4.00. The summed E-state index contributed by atoms with van der Waals surface area (Å²) in [5.41, 5.74) is 2.75. The molecule has 2 heterocycles. The number of nitrogens with zero attached hydrogens (tertiary/aromatic N) is 2. The van der Waals surface area contributed by atoms with E-state index in [9.17, 15) is 9.59 Å². The van der Waals surface area contributed by atoms with Gasteiger partial charge >= 0.3 is 0 Å². The first kappa shape index (κ1) is 17.0. The standard InChI is InChI=1S/C19H16ClN3O2S/c1-11-2-5-14(6-3-11)23-10-12(8-17(23)24)18(25)22-19-21-15-7-4-13(20)9-16(15)26-19/h2-7,9,12H,8,10H2,1H3,(H,21,22,25)/t12-/m1/s1. The van der Waals surface area contributed by atoms with Gasteiger partial charge in [-0.1, -0.05) is 40.6 Å². The third kappa shape index (κ3) is 3.30. The molecule has 1 fully saturated rings. The van der Waals surface area contributed by atoms with Crippen LogP contribution in [0.4, 0.5) is 10.8 Å². The molecule has 0 saturated carbocycles. The van der Waals surface area contributed by atoms with Crippen LogP contribution in [0.1, 0.15) is 12.0 Å². The first-order chi connectivity index (χ1) is 12.5. The van der Waals surface area contributed by atoms with Gasteiger partial charge < -0.3 is 10.2 Å². The predicted octanol–water partition coefficient (Wildman–Crippen LogP) is 4.25. The molecule has 26 heavy (non-hydrogen) atoms. The van der Waals surface area contributed by atoms with Gasteiger partial charge in [-0.05, 0) is 37.3 Å². The molecule has 132 valence electrons. The number of aromatic nitrogens is 1. The van der Waals surface area contributed by atoms with Crippen LogP contribution in [0.25, 0.3) is 10.2 Å². The van der Waals surface area contributed by atoms with Crippen LogP contribution >= 0.6 is 22.9 Å². The quantitative estimate of drug-likeness (QED) is 0.733. The Morgan fingerprint density at radius 2 is 2.04 bits per heavy atom. The normalized spacial score (nSPS) is 17.1. The van der Waals surface area contributed by atoms with Gasteiger partial charge in [-0.2, -0.15) is 0 Å². The van der Waals surface area contributed by atoms with Crippen molar-refractivity contribution in [2.24, 2.45) is 5.92 Å². The van der Waals surface area contributed by atoms with E-state index in [-0.39, 0.29) is 24.2 Å². The lowest BCUT2D eigenvalue weighted by Gasteiger charge is -2.16. The Hall–Kier alpha value is -2.44. The van der Waals surface area contributed by atoms with E-state index in [0.717, 1.165) is 21.5 Å². The average Bonchev–Trinajstić information content (AvgIpc) is 3.18. The molecule has 2 aromatic carbocycles. The molecule has 7 heteroatoms. The molecule has 1 aromatic heterocycles. The summed E-state index contributed by atoms with van der Waals surface area (Å²) < 4.78 is 0.914. The molecule has 1 aliphatic heterocycles. The second-order valence-corrected chi connectivity index (χ2v) is 7.83. The SMILES string of the molecule is Cc1ccc(N2C[C@H](C(=O)Nc3nc4ccc(Cl)cc4s3)CC2=O)cc1. The first-order valence-corrected chi connectivity index (χ1v) is 9.43. The van der Waals surface area contributed by atoms with E-state index in [1.807, 2.05) is 43.3 Å². The summed E-state index contributed by atoms with van der Waals surface area (Å²) in [4.78, 5) is 31.0. The minimum Gasteiger partial charge on any atom is -0.312 e. The predicted molar refractivity (Wildman–Crippen MR) is 105 cm³/mol. The molecule has 4 rings (SSSR count). The van der Waals surface area contributed by atoms with Crippen molar-refractivity contribution in [1.29, 1.82) is 0 Å². The van der Waals surface area contributed by atoms with Gasteiger partial charge in [-0.25, -0.2) is 4.98 Å². The summed E-state index contributed by atoms with van der Waals surface area (Å²) in [6, 6.07) is 13.1. The molecule has 1 saturated heterocycles. The number of benzene rings is 2. The van der Waals surface area contributed by atoms with Gasteiger partial charge in [0.15, 0.2) is 5.13 Å². The van der Waals surface area contributed by atoms with Crippen LogP contribution in [0.5, 0.6) is 0 Å². The monoisotopic (exact) mass is 385 g/mol. The lowest BCUT2D eigenvalue weighted by atomic mass is 10.1. The summed E-state index contributed by atoms with van der Waals surface area (Å²) in [7, 11) is 0. The largest absolute Gasteiger partial charge is 0.312 e. The lowest BCUT2D eigenvalue weighted by Crippen LogP contribution is -2.28. The second-order valence-electron chi connectivity index (χ2n) is 6.36. The molecular formula is C19H16ClN3O2S. The topological polar surface area (TPSA) is 62.3 Å². The van der Waals surface area contributed by atoms with E-state index in [2.05, 4.69) is 10.3 Å². The number of amides is 2. The van der Waals surface area contributed by atoms with E-state index in [1.54, 1.807) is 11.0 Å². The van der Waals surface area contributed by atoms with E-state index in [1.165, 1.54) is 11.3 Å². The molecular weight excluding hydrogens is 370 g/mol. The third-order valence-corrected chi connectivity index (χ3v) is 5.59. The maximum atomic E-state index is 12.6. The molecule has 1 atom stereocenters. The number of fused-ring (bicyclic) bond motifs is 1. The average molecular weight is 386 g/mol. The molecule has 1 N–H and O–H groups in total. The number of hydrogen-bond acceptors (Lipinski definition) is 4. The number of hydrogen-bond donors (Lipinski definition) is 1. The van der Waals surface area contributed by atoms with Gasteiger partial charge in [0.25, 0.3) is 0 Å². The number of thiazole rings is 1. The Bertz CT molecular complexity index is 1000. The molecule has 0 spiro atoms. The second kappa shape index (κ2) is 6.70. The van der Waals surface area contributed by atoms with Gasteiger partial charge in [-0.15, -0.1) is 0 Å². The molecule has 0 bridgehead atoms. The fraction of sp³-hybridized carbons (Fsp3) is 0.211. The number of carbonyl (C=O) groups excluding carboxylic acids is 2. The van der Waals surface area contributed by atoms with Gasteiger partial charge in [0, 0.05) is 23.7 Å². The first-order valence-electron chi connectivity index (χ1n) is 8.23. The van der Waals surface area contributed by atoms with Crippen LogP contribution in [0, 0.1) is 12.8 Å². The fourth-order valence-corrected chi connectivity index (χ4v) is 4.16. The zero-order chi connectivity index (χ0) is 18.3. The Balaban J connectivity index is 1.48. The highest BCUT2D eigenvalue weighted by Crippen LogP contribution is 2.30. The van der Waals surface area contributed by atoms with Gasteiger partial charge in [-0.3, -0.25) is 9.59 Å². The van der Waals surface area contributed by atoms with Gasteiger partial charge in [0.2, 0.25) is 11.8 Å². The van der Waals surface area contributed by atoms with Crippen molar-refractivity contribution in [2.45, 2.75) is 13.3 Å². The van der Waals surface area contributed by atoms with Crippen LogP contribution in [0.15, 0.2) is 42.5 Å². The van der Waals surface area contributed by atoms with Crippen molar-refractivity contribution >= 4 is 55.8 Å². The van der Waals surface area contributed by atoms with Crippen LogP contribution in [-0.4, -0.2) is 23.3 Å². The minimum absolute atomic E-state index is 0.0370. The van der Waals surface area contributed by atoms with Crippen molar-refractivity contribution < 1.29 is 9.59 Å². The number of anilines is 2. The molecule has 0 radical (unpaired) electrons. The van der Waals surface area contributed by atoms with Gasteiger partial charge in [0.05, 0.1) is 16.1 Å². The van der Waals surface area contributed by atoms with Crippen LogP contribution in [0.3, 0.4) is 0 Å². The summed E-state index contributed by atoms with van der Waals surface area (Å²) in [6.07, 6.45) is 0.205. The zero-order valence-corrected chi connectivity index (χ0v) is 15.6. The number of nitrogens with one attached hydrogen (secondary N) is 1. The van der Waals surface area contributed by atoms with E-state index < -0.39 is 0 Å². The van der Waals surface area contributed by atoms with E-state index >= 15 is 0 Å². The van der Waals surface area contributed by atoms with Crippen molar-refractivity contribution in [1.82, 2.24) is 4.98 Å². The highest BCUT2D eigenvalue weighted by Gasteiger charge is 2.35. The zero-order valence-electron chi connectivity index (χ0n) is 14.0. The molecule has 0 aliphatic carbocycles. The number of carbonyl (C=O) groups is 2. The van der Waals surface area contributed by atoms with Crippen molar-refractivity contribution in [2.75, 3.05) is 16.8 Å². The lowest BCUT2D eigenvalue weighted by molar-refractivity contribution is -0.122. The minimum atomic E-state index is -0.389. The van der Waals surface area contributed by atoms with E-state index in [0.29, 0.717) is 16.7 Å². The van der Waals surface area contributed by atoms with Gasteiger partial charge in [0.1, 0.15) is 0 Å². The maximum absolute atomic E-state index is 12.6.